The maximum Gasteiger partial charge on any atom is 0.0392 e. The molecule has 1 fully saturated rings. The smallest absolute Gasteiger partial charge is 0.0392 e. The Labute approximate surface area is 85.3 Å². The molecule has 1 aliphatic rings. The molecule has 0 saturated heterocycles. The van der Waals surface area contributed by atoms with Crippen molar-refractivity contribution >= 4 is 5.69 Å². The first kappa shape index (κ1) is 9.53. The fraction of sp³-hybridized carbons (Fsp3) is 0.500. The van der Waals surface area contributed by atoms with Crippen molar-refractivity contribution in [2.45, 2.75) is 32.2 Å². The number of benzene rings is 1. The van der Waals surface area contributed by atoms with E-state index >= 15 is 0 Å². The maximum atomic E-state index is 6.19. The highest BCUT2D eigenvalue weighted by Crippen LogP contribution is 2.38. The van der Waals surface area contributed by atoms with E-state index in [0.29, 0.717) is 5.92 Å². The van der Waals surface area contributed by atoms with E-state index < -0.39 is 0 Å². The van der Waals surface area contributed by atoms with Gasteiger partial charge in [-0.25, -0.2) is 0 Å². The maximum absolute atomic E-state index is 6.19. The Morgan fingerprint density at radius 1 is 1.36 bits per heavy atom. The average Bonchev–Trinajstić information content (AvgIpc) is 2.06. The van der Waals surface area contributed by atoms with Crippen molar-refractivity contribution in [3.05, 3.63) is 29.3 Å². The number of hydrogen-bond acceptors (Lipinski definition) is 2. The van der Waals surface area contributed by atoms with Gasteiger partial charge in [0.2, 0.25) is 0 Å². The summed E-state index contributed by atoms with van der Waals surface area (Å²) in [5, 5.41) is 0. The zero-order valence-corrected chi connectivity index (χ0v) is 8.66. The van der Waals surface area contributed by atoms with Gasteiger partial charge in [0.1, 0.15) is 0 Å². The van der Waals surface area contributed by atoms with Crippen LogP contribution in [0.3, 0.4) is 0 Å². The van der Waals surface area contributed by atoms with Crippen LogP contribution in [0.2, 0.25) is 0 Å². The van der Waals surface area contributed by atoms with Gasteiger partial charge in [0.15, 0.2) is 0 Å². The highest BCUT2D eigenvalue weighted by Gasteiger charge is 2.26. The van der Waals surface area contributed by atoms with Crippen molar-refractivity contribution in [1.82, 2.24) is 0 Å². The second kappa shape index (κ2) is 3.62. The van der Waals surface area contributed by atoms with Gasteiger partial charge in [0, 0.05) is 11.7 Å². The molecule has 0 bridgehead atoms. The average molecular weight is 190 g/mol. The van der Waals surface area contributed by atoms with Crippen molar-refractivity contribution < 1.29 is 0 Å². The lowest BCUT2D eigenvalue weighted by molar-refractivity contribution is 0.265. The molecule has 1 aliphatic carbocycles. The van der Waals surface area contributed by atoms with Crippen LogP contribution in [0, 0.1) is 12.8 Å². The number of nitrogens with two attached hydrogens (primary N) is 2. The van der Waals surface area contributed by atoms with Crippen LogP contribution < -0.4 is 11.5 Å². The number of hydrogen-bond donors (Lipinski definition) is 2. The molecular formula is C12H18N2. The molecule has 2 nitrogen and oxygen atoms in total. The summed E-state index contributed by atoms with van der Waals surface area (Å²) in [5.74, 6) is 0.652. The van der Waals surface area contributed by atoms with Crippen LogP contribution in [0.25, 0.3) is 0 Å². The zero-order valence-electron chi connectivity index (χ0n) is 8.66. The Balaban J connectivity index is 2.26. The molecule has 0 heterocycles. The molecule has 76 valence electrons. The van der Waals surface area contributed by atoms with E-state index in [-0.39, 0.29) is 6.04 Å². The second-order valence-electron chi connectivity index (χ2n) is 4.29. The lowest BCUT2D eigenvalue weighted by Gasteiger charge is -2.32. The molecule has 4 N–H and O–H groups in total. The molecule has 1 aromatic rings. The Morgan fingerprint density at radius 2 is 2.07 bits per heavy atom. The third kappa shape index (κ3) is 1.50. The van der Waals surface area contributed by atoms with E-state index in [0.717, 1.165) is 16.8 Å². The zero-order chi connectivity index (χ0) is 10.1. The predicted octanol–water partition coefficient (Wildman–Crippen LogP) is 2.38. The highest BCUT2D eigenvalue weighted by molar-refractivity contribution is 5.54. The number of para-hydroxylation sites is 1. The number of aryl methyl sites for hydroxylation is 1. The van der Waals surface area contributed by atoms with Crippen LogP contribution in [0.5, 0.6) is 0 Å². The van der Waals surface area contributed by atoms with E-state index in [1.807, 2.05) is 19.1 Å². The van der Waals surface area contributed by atoms with Crippen LogP contribution in [-0.2, 0) is 0 Å². The standard InChI is InChI=1S/C12H18N2/c1-8-4-2-7-10(11(8)13)12(14)9-5-3-6-9/h2,4,7,9,12H,3,5-6,13-14H2,1H3. The van der Waals surface area contributed by atoms with Crippen molar-refractivity contribution in [3.63, 3.8) is 0 Å². The largest absolute Gasteiger partial charge is 0.398 e. The van der Waals surface area contributed by atoms with E-state index in [9.17, 15) is 0 Å². The first-order valence-electron chi connectivity index (χ1n) is 5.30. The molecule has 0 aliphatic heterocycles. The fourth-order valence-electron chi connectivity index (χ4n) is 2.05. The van der Waals surface area contributed by atoms with Crippen molar-refractivity contribution in [1.29, 1.82) is 0 Å². The van der Waals surface area contributed by atoms with Gasteiger partial charge in [-0.2, -0.15) is 0 Å². The minimum Gasteiger partial charge on any atom is -0.398 e. The van der Waals surface area contributed by atoms with Crippen LogP contribution in [-0.4, -0.2) is 0 Å². The predicted molar refractivity (Wildman–Crippen MR) is 59.9 cm³/mol. The van der Waals surface area contributed by atoms with Crippen LogP contribution >= 0.6 is 0 Å². The SMILES string of the molecule is Cc1cccc(C(N)C2CCC2)c1N. The Hall–Kier alpha value is -1.02. The summed E-state index contributed by atoms with van der Waals surface area (Å²) in [6, 6.07) is 6.28. The first-order chi connectivity index (χ1) is 6.70. The Bertz CT molecular complexity index is 329. The van der Waals surface area contributed by atoms with Gasteiger partial charge in [0.25, 0.3) is 0 Å². The second-order valence-corrected chi connectivity index (χ2v) is 4.29. The van der Waals surface area contributed by atoms with Crippen molar-refractivity contribution in [2.75, 3.05) is 5.73 Å². The summed E-state index contributed by atoms with van der Waals surface area (Å²) in [4.78, 5) is 0. The van der Waals surface area contributed by atoms with E-state index in [4.69, 9.17) is 11.5 Å². The van der Waals surface area contributed by atoms with Gasteiger partial charge in [-0.05, 0) is 36.8 Å². The molecule has 1 unspecified atom stereocenters. The topological polar surface area (TPSA) is 52.0 Å². The monoisotopic (exact) mass is 190 g/mol. The van der Waals surface area contributed by atoms with Crippen LogP contribution in [0.15, 0.2) is 18.2 Å². The summed E-state index contributed by atoms with van der Waals surface area (Å²) < 4.78 is 0. The van der Waals surface area contributed by atoms with Crippen LogP contribution in [0.4, 0.5) is 5.69 Å². The number of nitrogen functional groups attached to an aromatic ring is 1. The molecule has 1 atom stereocenters. The highest BCUT2D eigenvalue weighted by atomic mass is 14.7. The van der Waals surface area contributed by atoms with E-state index in [2.05, 4.69) is 6.07 Å². The molecule has 0 spiro atoms. The Kier molecular flexibility index (Phi) is 2.46. The van der Waals surface area contributed by atoms with Gasteiger partial charge in [-0.3, -0.25) is 0 Å². The fourth-order valence-corrected chi connectivity index (χ4v) is 2.05. The molecule has 14 heavy (non-hydrogen) atoms. The molecule has 0 amide bonds. The molecule has 1 aromatic carbocycles. The molecule has 0 radical (unpaired) electrons. The summed E-state index contributed by atoms with van der Waals surface area (Å²) in [5.41, 5.74) is 15.4. The number of rotatable bonds is 2. The Morgan fingerprint density at radius 3 is 2.64 bits per heavy atom. The normalized spacial score (nSPS) is 19.0. The number of anilines is 1. The quantitative estimate of drug-likeness (QED) is 0.703. The summed E-state index contributed by atoms with van der Waals surface area (Å²) in [6.45, 7) is 2.03. The minimum absolute atomic E-state index is 0.142. The van der Waals surface area contributed by atoms with Gasteiger partial charge in [-0.1, -0.05) is 24.6 Å². The summed E-state index contributed by atoms with van der Waals surface area (Å²) >= 11 is 0. The van der Waals surface area contributed by atoms with Gasteiger partial charge in [0.05, 0.1) is 0 Å². The van der Waals surface area contributed by atoms with Crippen LogP contribution in [0.1, 0.15) is 36.4 Å². The first-order valence-corrected chi connectivity index (χ1v) is 5.30. The van der Waals surface area contributed by atoms with Gasteiger partial charge < -0.3 is 11.5 Å². The lowest BCUT2D eigenvalue weighted by atomic mass is 9.77. The molecule has 2 rings (SSSR count). The minimum atomic E-state index is 0.142. The lowest BCUT2D eigenvalue weighted by Crippen LogP contribution is -2.27. The summed E-state index contributed by atoms with van der Waals surface area (Å²) in [6.07, 6.45) is 3.84. The van der Waals surface area contributed by atoms with Crippen molar-refractivity contribution in [2.24, 2.45) is 11.7 Å². The third-order valence-corrected chi connectivity index (χ3v) is 3.37. The summed E-state index contributed by atoms with van der Waals surface area (Å²) in [7, 11) is 0. The molecule has 0 aromatic heterocycles. The molecule has 2 heteroatoms. The van der Waals surface area contributed by atoms with E-state index in [1.165, 1.54) is 19.3 Å². The van der Waals surface area contributed by atoms with Crippen molar-refractivity contribution in [3.8, 4) is 0 Å². The van der Waals surface area contributed by atoms with Gasteiger partial charge >= 0.3 is 0 Å². The molecule has 1 saturated carbocycles. The molecular weight excluding hydrogens is 172 g/mol. The van der Waals surface area contributed by atoms with Gasteiger partial charge in [-0.15, -0.1) is 0 Å². The van der Waals surface area contributed by atoms with E-state index in [1.54, 1.807) is 0 Å². The third-order valence-electron chi connectivity index (χ3n) is 3.37.